The van der Waals surface area contributed by atoms with Gasteiger partial charge in [-0.1, -0.05) is 6.07 Å². The molecule has 0 atom stereocenters. The fraction of sp³-hybridized carbons (Fsp3) is 0.379. The number of hydrogen-bond acceptors (Lipinski definition) is 7. The second-order valence-corrected chi connectivity index (χ2v) is 11.0. The van der Waals surface area contributed by atoms with E-state index in [1.54, 1.807) is 17.0 Å². The first-order valence-corrected chi connectivity index (χ1v) is 14.1. The van der Waals surface area contributed by atoms with Crippen LogP contribution in [0.5, 0.6) is 11.5 Å². The Morgan fingerprint density at radius 2 is 1.61 bits per heavy atom. The third-order valence-electron chi connectivity index (χ3n) is 7.26. The molecule has 196 valence electrons. The number of likely N-dealkylation sites (N-methyl/N-ethyl adjacent to an activating group) is 1. The van der Waals surface area contributed by atoms with Crippen LogP contribution in [0.4, 0.5) is 4.79 Å². The highest BCUT2D eigenvalue weighted by Crippen LogP contribution is 2.38. The van der Waals surface area contributed by atoms with Crippen LogP contribution in [-0.4, -0.2) is 50.1 Å². The smallest absolute Gasteiger partial charge is 0.293 e. The van der Waals surface area contributed by atoms with E-state index in [1.807, 2.05) is 42.6 Å². The van der Waals surface area contributed by atoms with Crippen LogP contribution in [0.25, 0.3) is 23.2 Å². The van der Waals surface area contributed by atoms with Crippen LogP contribution in [0.3, 0.4) is 0 Å². The summed E-state index contributed by atoms with van der Waals surface area (Å²) in [6, 6.07) is 11.6. The Morgan fingerprint density at radius 3 is 2.16 bits per heavy atom. The lowest BCUT2D eigenvalue weighted by Crippen LogP contribution is -2.22. The van der Waals surface area contributed by atoms with Gasteiger partial charge in [0, 0.05) is 36.6 Å². The topological polar surface area (TPSA) is 86.6 Å². The Balaban J connectivity index is 1.44. The van der Waals surface area contributed by atoms with Crippen molar-refractivity contribution in [3.8, 4) is 28.6 Å². The van der Waals surface area contributed by atoms with Gasteiger partial charge < -0.3 is 9.47 Å². The zero-order valence-corrected chi connectivity index (χ0v) is 22.2. The van der Waals surface area contributed by atoms with Gasteiger partial charge in [-0.2, -0.15) is 5.10 Å². The maximum Gasteiger partial charge on any atom is 0.293 e. The number of amides is 2. The van der Waals surface area contributed by atoms with Gasteiger partial charge in [-0.15, -0.1) is 0 Å². The number of imide groups is 1. The summed E-state index contributed by atoms with van der Waals surface area (Å²) in [6.45, 7) is 0. The van der Waals surface area contributed by atoms with Crippen LogP contribution in [0.2, 0.25) is 0 Å². The molecule has 0 radical (unpaired) electrons. The third-order valence-corrected chi connectivity index (χ3v) is 8.22. The molecule has 0 N–H and O–H groups in total. The Hall–Kier alpha value is -3.59. The van der Waals surface area contributed by atoms with Crippen LogP contribution >= 0.6 is 11.8 Å². The number of carbonyl (C=O) groups excluding carboxylic acids is 2. The average molecular weight is 531 g/mol. The lowest BCUT2D eigenvalue weighted by molar-refractivity contribution is -0.121. The Morgan fingerprint density at radius 1 is 0.947 bits per heavy atom. The maximum absolute atomic E-state index is 12.7. The van der Waals surface area contributed by atoms with Gasteiger partial charge in [0.25, 0.3) is 11.1 Å². The van der Waals surface area contributed by atoms with Crippen LogP contribution in [-0.2, 0) is 4.79 Å². The minimum absolute atomic E-state index is 0.200. The molecule has 3 fully saturated rings. The van der Waals surface area contributed by atoms with Crippen LogP contribution in [0, 0.1) is 0 Å². The molecule has 1 saturated heterocycles. The molecule has 8 nitrogen and oxygen atoms in total. The molecule has 3 heterocycles. The normalized spacial score (nSPS) is 19.7. The van der Waals surface area contributed by atoms with E-state index in [1.165, 1.54) is 32.7 Å². The number of aromatic nitrogens is 3. The molecule has 0 bridgehead atoms. The summed E-state index contributed by atoms with van der Waals surface area (Å²) < 4.78 is 14.5. The van der Waals surface area contributed by atoms with Crippen LogP contribution in [0.15, 0.2) is 53.7 Å². The number of nitrogens with zero attached hydrogens (tertiary/aromatic N) is 4. The van der Waals surface area contributed by atoms with E-state index in [0.717, 1.165) is 59.4 Å². The largest absolute Gasteiger partial charge is 0.490 e. The van der Waals surface area contributed by atoms with E-state index in [4.69, 9.17) is 14.6 Å². The number of ether oxygens (including phenoxy) is 2. The fourth-order valence-corrected chi connectivity index (χ4v) is 6.07. The molecule has 2 aromatic heterocycles. The van der Waals surface area contributed by atoms with Crippen molar-refractivity contribution in [3.05, 3.63) is 59.3 Å². The van der Waals surface area contributed by atoms with Crippen molar-refractivity contribution >= 4 is 29.0 Å². The summed E-state index contributed by atoms with van der Waals surface area (Å²) in [5.74, 6) is 1.85. The maximum atomic E-state index is 12.7. The summed E-state index contributed by atoms with van der Waals surface area (Å²) in [4.78, 5) is 30.7. The molecular formula is C29H30N4O4S. The number of carbonyl (C=O) groups is 2. The van der Waals surface area contributed by atoms with Gasteiger partial charge in [-0.25, -0.2) is 9.67 Å². The monoisotopic (exact) mass is 530 g/mol. The zero-order chi connectivity index (χ0) is 26.1. The highest BCUT2D eigenvalue weighted by Gasteiger charge is 2.32. The van der Waals surface area contributed by atoms with Crippen molar-refractivity contribution in [1.82, 2.24) is 19.7 Å². The molecule has 3 aromatic rings. The lowest BCUT2D eigenvalue weighted by atomic mass is 10.1. The summed E-state index contributed by atoms with van der Waals surface area (Å²) >= 11 is 0.931. The molecule has 0 spiro atoms. The van der Waals surface area contributed by atoms with Gasteiger partial charge in [0.15, 0.2) is 5.82 Å². The van der Waals surface area contributed by atoms with Crippen LogP contribution < -0.4 is 9.47 Å². The number of benzene rings is 1. The molecular weight excluding hydrogens is 500 g/mol. The van der Waals surface area contributed by atoms with E-state index >= 15 is 0 Å². The van der Waals surface area contributed by atoms with Crippen molar-refractivity contribution < 1.29 is 19.1 Å². The average Bonchev–Trinajstić information content (AvgIpc) is 3.73. The molecule has 3 aliphatic rings. The van der Waals surface area contributed by atoms with Crippen molar-refractivity contribution in [2.75, 3.05) is 7.05 Å². The molecule has 1 aliphatic heterocycles. The van der Waals surface area contributed by atoms with Gasteiger partial charge in [-0.3, -0.25) is 14.5 Å². The molecule has 0 unspecified atom stereocenters. The van der Waals surface area contributed by atoms with Crippen molar-refractivity contribution in [1.29, 1.82) is 0 Å². The van der Waals surface area contributed by atoms with Gasteiger partial charge in [0.05, 0.1) is 17.1 Å². The summed E-state index contributed by atoms with van der Waals surface area (Å²) in [5.41, 5.74) is 2.19. The molecule has 1 aromatic carbocycles. The molecule has 2 saturated carbocycles. The molecule has 6 rings (SSSR count). The fourth-order valence-electron chi connectivity index (χ4n) is 5.25. The Bertz CT molecular complexity index is 1340. The first-order valence-electron chi connectivity index (χ1n) is 13.2. The SMILES string of the molecule is CN1C(=O)SC(=Cc2cn(-c3ccccn3)nc2-c2cc(OC3CCCC3)cc(OC3CCCC3)c2)C1=O. The lowest BCUT2D eigenvalue weighted by Gasteiger charge is -2.18. The molecule has 38 heavy (non-hydrogen) atoms. The second-order valence-electron chi connectivity index (χ2n) is 10.0. The quantitative estimate of drug-likeness (QED) is 0.334. The van der Waals surface area contributed by atoms with Crippen LogP contribution in [0.1, 0.15) is 56.9 Å². The first-order chi connectivity index (χ1) is 18.5. The van der Waals surface area contributed by atoms with E-state index in [-0.39, 0.29) is 23.4 Å². The van der Waals surface area contributed by atoms with E-state index in [0.29, 0.717) is 22.0 Å². The van der Waals surface area contributed by atoms with Gasteiger partial charge >= 0.3 is 0 Å². The molecule has 2 amide bonds. The number of hydrogen-bond donors (Lipinski definition) is 0. The predicted octanol–water partition coefficient (Wildman–Crippen LogP) is 6.24. The minimum atomic E-state index is -0.319. The standard InChI is InChI=1S/C29H30N4O4S/c1-32-28(34)25(38-29(32)35)16-20-18-33(26-12-6-7-13-30-26)31-27(20)19-14-23(36-21-8-2-3-9-21)17-24(15-19)37-22-10-4-5-11-22/h6-7,12-18,21-22H,2-5,8-11H2,1H3. The highest BCUT2D eigenvalue weighted by molar-refractivity contribution is 8.18. The zero-order valence-electron chi connectivity index (χ0n) is 21.3. The first kappa shape index (κ1) is 24.7. The number of rotatable bonds is 7. The summed E-state index contributed by atoms with van der Waals surface area (Å²) in [6.07, 6.45) is 14.6. The van der Waals surface area contributed by atoms with E-state index in [2.05, 4.69) is 4.98 Å². The molecule has 9 heteroatoms. The van der Waals surface area contributed by atoms with Crippen molar-refractivity contribution in [2.24, 2.45) is 0 Å². The Labute approximate surface area is 226 Å². The van der Waals surface area contributed by atoms with Gasteiger partial charge in [-0.05, 0) is 93.5 Å². The van der Waals surface area contributed by atoms with Gasteiger partial charge in [0.1, 0.15) is 17.2 Å². The van der Waals surface area contributed by atoms with E-state index in [9.17, 15) is 9.59 Å². The Kier molecular flexibility index (Phi) is 6.93. The predicted molar refractivity (Wildman–Crippen MR) is 146 cm³/mol. The summed E-state index contributed by atoms with van der Waals surface area (Å²) in [7, 11) is 1.49. The highest BCUT2D eigenvalue weighted by atomic mass is 32.2. The summed E-state index contributed by atoms with van der Waals surface area (Å²) in [5, 5.41) is 4.59. The minimum Gasteiger partial charge on any atom is -0.490 e. The van der Waals surface area contributed by atoms with Gasteiger partial charge in [0.2, 0.25) is 0 Å². The molecule has 2 aliphatic carbocycles. The van der Waals surface area contributed by atoms with Crippen molar-refractivity contribution in [3.63, 3.8) is 0 Å². The van der Waals surface area contributed by atoms with E-state index < -0.39 is 0 Å². The number of pyridine rings is 1. The third kappa shape index (κ3) is 5.20. The number of thioether (sulfide) groups is 1. The van der Waals surface area contributed by atoms with Crippen molar-refractivity contribution in [2.45, 2.75) is 63.6 Å². The second kappa shape index (κ2) is 10.6.